The summed E-state index contributed by atoms with van der Waals surface area (Å²) < 4.78 is 5.40. The minimum atomic E-state index is -0.777. The monoisotopic (exact) mass is 360 g/mol. The van der Waals surface area contributed by atoms with E-state index in [1.165, 1.54) is 7.11 Å². The Morgan fingerprint density at radius 2 is 1.88 bits per heavy atom. The van der Waals surface area contributed by atoms with Gasteiger partial charge in [-0.1, -0.05) is 0 Å². The number of nitrogens with one attached hydrogen (secondary N) is 1. The van der Waals surface area contributed by atoms with Crippen LogP contribution in [0.15, 0.2) is 18.2 Å². The molecule has 7 heteroatoms. The molecule has 2 amide bonds. The lowest BCUT2D eigenvalue weighted by Crippen LogP contribution is -2.29. The predicted octanol–water partition coefficient (Wildman–Crippen LogP) is 2.65. The Kier molecular flexibility index (Phi) is 5.44. The molecule has 140 valence electrons. The molecule has 1 saturated heterocycles. The van der Waals surface area contributed by atoms with Gasteiger partial charge in [0.2, 0.25) is 11.8 Å². The molecule has 1 aromatic rings. The van der Waals surface area contributed by atoms with Crippen molar-refractivity contribution < 1.29 is 24.2 Å². The van der Waals surface area contributed by atoms with E-state index in [1.807, 2.05) is 0 Å². The van der Waals surface area contributed by atoms with Gasteiger partial charge in [0.15, 0.2) is 0 Å². The number of anilines is 2. The molecule has 7 nitrogen and oxygen atoms in total. The summed E-state index contributed by atoms with van der Waals surface area (Å²) in [6, 6.07) is 5.28. The van der Waals surface area contributed by atoms with Gasteiger partial charge in [0.25, 0.3) is 0 Å². The van der Waals surface area contributed by atoms with Crippen LogP contribution in [-0.4, -0.2) is 36.5 Å². The van der Waals surface area contributed by atoms with Crippen molar-refractivity contribution in [3.8, 4) is 5.75 Å². The average Bonchev–Trinajstić information content (AvgIpc) is 3.07. The van der Waals surface area contributed by atoms with Gasteiger partial charge in [-0.2, -0.15) is 0 Å². The molecule has 1 aromatic carbocycles. The van der Waals surface area contributed by atoms with Gasteiger partial charge in [-0.25, -0.2) is 0 Å². The lowest BCUT2D eigenvalue weighted by Gasteiger charge is -2.25. The van der Waals surface area contributed by atoms with Crippen LogP contribution >= 0.6 is 0 Å². The van der Waals surface area contributed by atoms with Crippen molar-refractivity contribution in [2.45, 2.75) is 38.5 Å². The highest BCUT2D eigenvalue weighted by Crippen LogP contribution is 2.35. The second kappa shape index (κ2) is 7.76. The molecule has 0 atom stereocenters. The third-order valence-corrected chi connectivity index (χ3v) is 5.26. The molecule has 26 heavy (non-hydrogen) atoms. The quantitative estimate of drug-likeness (QED) is 0.841. The molecule has 1 aliphatic carbocycles. The summed E-state index contributed by atoms with van der Waals surface area (Å²) in [5.41, 5.74) is 1.33. The molecule has 3 rings (SSSR count). The van der Waals surface area contributed by atoms with E-state index < -0.39 is 5.97 Å². The first-order valence-corrected chi connectivity index (χ1v) is 9.01. The Morgan fingerprint density at radius 3 is 2.46 bits per heavy atom. The molecule has 0 radical (unpaired) electrons. The smallest absolute Gasteiger partial charge is 0.306 e. The SMILES string of the molecule is COc1cc(NC(=O)C2CCC(C(=O)O)CC2)ccc1N1CCCC1=O. The fourth-order valence-corrected chi connectivity index (χ4v) is 3.73. The topological polar surface area (TPSA) is 95.9 Å². The fraction of sp³-hybridized carbons (Fsp3) is 0.526. The van der Waals surface area contributed by atoms with Gasteiger partial charge in [-0.3, -0.25) is 14.4 Å². The highest BCUT2D eigenvalue weighted by Gasteiger charge is 2.30. The van der Waals surface area contributed by atoms with E-state index >= 15 is 0 Å². The summed E-state index contributed by atoms with van der Waals surface area (Å²) in [7, 11) is 1.54. The van der Waals surface area contributed by atoms with Crippen LogP contribution in [0.25, 0.3) is 0 Å². The van der Waals surface area contributed by atoms with Crippen LogP contribution in [0.3, 0.4) is 0 Å². The molecular weight excluding hydrogens is 336 g/mol. The largest absolute Gasteiger partial charge is 0.494 e. The second-order valence-corrected chi connectivity index (χ2v) is 6.91. The summed E-state index contributed by atoms with van der Waals surface area (Å²) in [6.07, 6.45) is 3.61. The van der Waals surface area contributed by atoms with Crippen LogP contribution in [0.2, 0.25) is 0 Å². The summed E-state index contributed by atoms with van der Waals surface area (Å²) in [5.74, 6) is -0.752. The molecule has 1 saturated carbocycles. The van der Waals surface area contributed by atoms with E-state index in [0.29, 0.717) is 50.1 Å². The standard InChI is InChI=1S/C19H24N2O5/c1-26-16-11-14(8-9-15(16)21-10-2-3-17(21)22)20-18(23)12-4-6-13(7-5-12)19(24)25/h8-9,11-13H,2-7,10H2,1H3,(H,20,23)(H,24,25). The van der Waals surface area contributed by atoms with Crippen LogP contribution in [0.4, 0.5) is 11.4 Å². The Balaban J connectivity index is 1.65. The number of nitrogens with zero attached hydrogens (tertiary/aromatic N) is 1. The number of amides is 2. The zero-order valence-corrected chi connectivity index (χ0v) is 14.9. The summed E-state index contributed by atoms with van der Waals surface area (Å²) in [6.45, 7) is 0.674. The van der Waals surface area contributed by atoms with E-state index in [0.717, 1.165) is 12.1 Å². The van der Waals surface area contributed by atoms with Crippen molar-refractivity contribution in [2.75, 3.05) is 23.9 Å². The molecule has 1 heterocycles. The van der Waals surface area contributed by atoms with Gasteiger partial charge in [-0.15, -0.1) is 0 Å². The maximum Gasteiger partial charge on any atom is 0.306 e. The lowest BCUT2D eigenvalue weighted by atomic mass is 9.81. The number of ether oxygens (including phenoxy) is 1. The Morgan fingerprint density at radius 1 is 1.19 bits per heavy atom. The van der Waals surface area contributed by atoms with Crippen molar-refractivity contribution in [3.63, 3.8) is 0 Å². The molecule has 2 aliphatic rings. The number of hydrogen-bond donors (Lipinski definition) is 2. The molecule has 0 bridgehead atoms. The molecule has 0 unspecified atom stereocenters. The Hall–Kier alpha value is -2.57. The van der Waals surface area contributed by atoms with Crippen LogP contribution < -0.4 is 15.0 Å². The van der Waals surface area contributed by atoms with Gasteiger partial charge in [-0.05, 0) is 44.2 Å². The second-order valence-electron chi connectivity index (χ2n) is 6.91. The molecule has 2 N–H and O–H groups in total. The fourth-order valence-electron chi connectivity index (χ4n) is 3.73. The van der Waals surface area contributed by atoms with Crippen LogP contribution in [0.5, 0.6) is 5.75 Å². The van der Waals surface area contributed by atoms with Crippen LogP contribution in [0, 0.1) is 11.8 Å². The van der Waals surface area contributed by atoms with Gasteiger partial charge in [0.05, 0.1) is 18.7 Å². The minimum absolute atomic E-state index is 0.0790. The van der Waals surface area contributed by atoms with Crippen molar-refractivity contribution in [3.05, 3.63) is 18.2 Å². The Bertz CT molecular complexity index is 710. The number of carbonyl (C=O) groups excluding carboxylic acids is 2. The van der Waals surface area contributed by atoms with E-state index in [2.05, 4.69) is 5.32 Å². The van der Waals surface area contributed by atoms with Gasteiger partial charge in [0.1, 0.15) is 5.75 Å². The molecule has 0 spiro atoms. The number of benzene rings is 1. The Labute approximate surface area is 152 Å². The number of carboxylic acids is 1. The third-order valence-electron chi connectivity index (χ3n) is 5.26. The number of hydrogen-bond acceptors (Lipinski definition) is 4. The first kappa shape index (κ1) is 18.2. The zero-order valence-electron chi connectivity index (χ0n) is 14.9. The normalized spacial score (nSPS) is 23.0. The molecule has 0 aromatic heterocycles. The predicted molar refractivity (Wildman–Crippen MR) is 96.3 cm³/mol. The number of aliphatic carboxylic acids is 1. The highest BCUT2D eigenvalue weighted by molar-refractivity contribution is 5.98. The van der Waals surface area contributed by atoms with Crippen molar-refractivity contribution in [1.29, 1.82) is 0 Å². The van der Waals surface area contributed by atoms with Crippen molar-refractivity contribution >= 4 is 29.2 Å². The number of rotatable bonds is 5. The van der Waals surface area contributed by atoms with Gasteiger partial charge >= 0.3 is 5.97 Å². The first-order valence-electron chi connectivity index (χ1n) is 9.01. The van der Waals surface area contributed by atoms with E-state index in [1.54, 1.807) is 23.1 Å². The van der Waals surface area contributed by atoms with E-state index in [-0.39, 0.29) is 23.7 Å². The average molecular weight is 360 g/mol. The van der Waals surface area contributed by atoms with Crippen LogP contribution in [-0.2, 0) is 14.4 Å². The molecule has 2 fully saturated rings. The lowest BCUT2D eigenvalue weighted by molar-refractivity contribution is -0.143. The maximum atomic E-state index is 12.5. The summed E-state index contributed by atoms with van der Waals surface area (Å²) >= 11 is 0. The minimum Gasteiger partial charge on any atom is -0.494 e. The number of carbonyl (C=O) groups is 3. The zero-order chi connectivity index (χ0) is 18.7. The van der Waals surface area contributed by atoms with Crippen molar-refractivity contribution in [2.24, 2.45) is 11.8 Å². The number of methoxy groups -OCH3 is 1. The summed E-state index contributed by atoms with van der Waals surface area (Å²) in [5, 5.41) is 11.9. The highest BCUT2D eigenvalue weighted by atomic mass is 16.5. The molecular formula is C19H24N2O5. The van der Waals surface area contributed by atoms with Gasteiger partial charge in [0, 0.05) is 30.6 Å². The summed E-state index contributed by atoms with van der Waals surface area (Å²) in [4.78, 5) is 37.1. The van der Waals surface area contributed by atoms with E-state index in [9.17, 15) is 14.4 Å². The third kappa shape index (κ3) is 3.81. The maximum absolute atomic E-state index is 12.5. The van der Waals surface area contributed by atoms with Gasteiger partial charge < -0.3 is 20.1 Å². The van der Waals surface area contributed by atoms with Crippen LogP contribution in [0.1, 0.15) is 38.5 Å². The van der Waals surface area contributed by atoms with E-state index in [4.69, 9.17) is 9.84 Å². The van der Waals surface area contributed by atoms with Crippen molar-refractivity contribution in [1.82, 2.24) is 0 Å². The molecule has 1 aliphatic heterocycles. The first-order chi connectivity index (χ1) is 12.5. The number of carboxylic acid groups (broad SMARTS) is 1.